The summed E-state index contributed by atoms with van der Waals surface area (Å²) in [5, 5.41) is 12.5. The first kappa shape index (κ1) is 14.3. The van der Waals surface area contributed by atoms with Crippen LogP contribution in [0.3, 0.4) is 0 Å². The molecule has 0 aliphatic heterocycles. The molecule has 2 N–H and O–H groups in total. The van der Waals surface area contributed by atoms with E-state index in [1.807, 2.05) is 0 Å². The molecule has 0 fully saturated rings. The summed E-state index contributed by atoms with van der Waals surface area (Å²) in [5.74, 6) is 0.307. The van der Waals surface area contributed by atoms with Gasteiger partial charge in [-0.2, -0.15) is 0 Å². The molecule has 1 aromatic carbocycles. The summed E-state index contributed by atoms with van der Waals surface area (Å²) in [6, 6.07) is 7.55. The number of nitrogens with one attached hydrogen (secondary N) is 1. The van der Waals surface area contributed by atoms with E-state index < -0.39 is 11.9 Å². The van der Waals surface area contributed by atoms with Crippen molar-refractivity contribution in [3.05, 3.63) is 58.8 Å². The van der Waals surface area contributed by atoms with Crippen LogP contribution in [0.1, 0.15) is 33.5 Å². The molecule has 1 amide bonds. The van der Waals surface area contributed by atoms with Crippen LogP contribution in [0.4, 0.5) is 4.39 Å². The maximum atomic E-state index is 13.5. The molecule has 1 unspecified atom stereocenters. The molecule has 4 nitrogen and oxygen atoms in total. The summed E-state index contributed by atoms with van der Waals surface area (Å²) in [6.45, 7) is 3.37. The summed E-state index contributed by atoms with van der Waals surface area (Å²) >= 11 is 0. The van der Waals surface area contributed by atoms with E-state index in [0.29, 0.717) is 17.1 Å². The summed E-state index contributed by atoms with van der Waals surface area (Å²) in [4.78, 5) is 11.9. The minimum absolute atomic E-state index is 0.0660. The number of hydrogen-bond acceptors (Lipinski definition) is 3. The topological polar surface area (TPSA) is 62.5 Å². The Balaban J connectivity index is 2.00. The van der Waals surface area contributed by atoms with Crippen molar-refractivity contribution in [2.45, 2.75) is 20.0 Å². The van der Waals surface area contributed by atoms with Gasteiger partial charge in [-0.05, 0) is 26.0 Å². The predicted octanol–water partition coefficient (Wildman–Crippen LogP) is 2.50. The number of carbonyl (C=O) groups is 1. The lowest BCUT2D eigenvalue weighted by Gasteiger charge is -2.12. The average Bonchev–Trinajstić information content (AvgIpc) is 2.75. The second-order valence-electron chi connectivity index (χ2n) is 4.57. The fourth-order valence-electron chi connectivity index (χ4n) is 2.00. The predicted molar refractivity (Wildman–Crippen MR) is 71.9 cm³/mol. The van der Waals surface area contributed by atoms with Crippen molar-refractivity contribution in [3.8, 4) is 0 Å². The van der Waals surface area contributed by atoms with Crippen LogP contribution in [0.2, 0.25) is 0 Å². The molecule has 0 aliphatic carbocycles. The molecule has 106 valence electrons. The van der Waals surface area contributed by atoms with Gasteiger partial charge >= 0.3 is 0 Å². The van der Waals surface area contributed by atoms with Gasteiger partial charge in [0.25, 0.3) is 5.91 Å². The van der Waals surface area contributed by atoms with Gasteiger partial charge in [-0.15, -0.1) is 0 Å². The first-order valence-corrected chi connectivity index (χ1v) is 6.26. The molecule has 1 heterocycles. The third-order valence-electron chi connectivity index (χ3n) is 3.01. The van der Waals surface area contributed by atoms with Gasteiger partial charge < -0.3 is 14.8 Å². The van der Waals surface area contributed by atoms with Crippen LogP contribution in [-0.4, -0.2) is 17.6 Å². The van der Waals surface area contributed by atoms with Gasteiger partial charge in [0, 0.05) is 12.1 Å². The number of hydrogen-bond donors (Lipinski definition) is 2. The van der Waals surface area contributed by atoms with Crippen LogP contribution in [0.15, 0.2) is 34.7 Å². The van der Waals surface area contributed by atoms with Crippen molar-refractivity contribution >= 4 is 5.91 Å². The molecule has 0 saturated carbocycles. The van der Waals surface area contributed by atoms with Crippen molar-refractivity contribution in [3.63, 3.8) is 0 Å². The SMILES string of the molecule is Cc1cc(C(=O)NCC(O)c2ccccc2F)c(C)o1. The highest BCUT2D eigenvalue weighted by Gasteiger charge is 2.16. The number of aliphatic hydroxyl groups is 1. The van der Waals surface area contributed by atoms with E-state index in [-0.39, 0.29) is 18.0 Å². The molecule has 20 heavy (non-hydrogen) atoms. The normalized spacial score (nSPS) is 12.2. The van der Waals surface area contributed by atoms with Gasteiger partial charge in [-0.3, -0.25) is 4.79 Å². The molecular weight excluding hydrogens is 261 g/mol. The number of aliphatic hydroxyl groups excluding tert-OH is 1. The lowest BCUT2D eigenvalue weighted by molar-refractivity contribution is 0.0912. The van der Waals surface area contributed by atoms with Crippen molar-refractivity contribution < 1.29 is 18.7 Å². The van der Waals surface area contributed by atoms with Crippen molar-refractivity contribution in [1.82, 2.24) is 5.32 Å². The number of halogens is 1. The van der Waals surface area contributed by atoms with Crippen LogP contribution >= 0.6 is 0 Å². The van der Waals surface area contributed by atoms with Crippen molar-refractivity contribution in [2.75, 3.05) is 6.54 Å². The molecule has 0 saturated heterocycles. The standard InChI is InChI=1S/C15H16FNO3/c1-9-7-12(10(2)20-9)15(19)17-8-14(18)11-5-3-4-6-13(11)16/h3-7,14,18H,8H2,1-2H3,(H,17,19). The van der Waals surface area contributed by atoms with E-state index in [2.05, 4.69) is 5.32 Å². The molecule has 2 aromatic rings. The van der Waals surface area contributed by atoms with Gasteiger partial charge in [-0.25, -0.2) is 4.39 Å². The fraction of sp³-hybridized carbons (Fsp3) is 0.267. The Morgan fingerprint density at radius 3 is 2.70 bits per heavy atom. The molecular formula is C15H16FNO3. The first-order valence-electron chi connectivity index (χ1n) is 6.26. The van der Waals surface area contributed by atoms with Gasteiger partial charge in [0.2, 0.25) is 0 Å². The van der Waals surface area contributed by atoms with Crippen molar-refractivity contribution in [2.24, 2.45) is 0 Å². The quantitative estimate of drug-likeness (QED) is 0.902. The number of rotatable bonds is 4. The summed E-state index contributed by atoms with van der Waals surface area (Å²) in [5.41, 5.74) is 0.580. The fourth-order valence-corrected chi connectivity index (χ4v) is 2.00. The van der Waals surface area contributed by atoms with E-state index >= 15 is 0 Å². The zero-order valence-corrected chi connectivity index (χ0v) is 11.3. The second-order valence-corrected chi connectivity index (χ2v) is 4.57. The van der Waals surface area contributed by atoms with Crippen LogP contribution in [-0.2, 0) is 0 Å². The number of amides is 1. The number of carbonyl (C=O) groups excluding carboxylic acids is 1. The van der Waals surface area contributed by atoms with E-state index in [0.717, 1.165) is 0 Å². The lowest BCUT2D eigenvalue weighted by atomic mass is 10.1. The number of furan rings is 1. The van der Waals surface area contributed by atoms with Crippen LogP contribution in [0, 0.1) is 19.7 Å². The van der Waals surface area contributed by atoms with Gasteiger partial charge in [0.1, 0.15) is 17.3 Å². The largest absolute Gasteiger partial charge is 0.466 e. The number of aryl methyl sites for hydroxylation is 2. The van der Waals surface area contributed by atoms with Crippen LogP contribution in [0.5, 0.6) is 0 Å². The molecule has 0 spiro atoms. The molecule has 1 aromatic heterocycles. The lowest BCUT2D eigenvalue weighted by Crippen LogP contribution is -2.28. The molecule has 1 atom stereocenters. The second kappa shape index (κ2) is 5.88. The van der Waals surface area contributed by atoms with E-state index in [1.54, 1.807) is 32.0 Å². The average molecular weight is 277 g/mol. The van der Waals surface area contributed by atoms with Crippen molar-refractivity contribution in [1.29, 1.82) is 0 Å². The highest BCUT2D eigenvalue weighted by Crippen LogP contribution is 2.17. The molecule has 5 heteroatoms. The zero-order chi connectivity index (χ0) is 14.7. The molecule has 0 bridgehead atoms. The van der Waals surface area contributed by atoms with E-state index in [4.69, 9.17) is 4.42 Å². The maximum Gasteiger partial charge on any atom is 0.254 e. The Hall–Kier alpha value is -2.14. The monoisotopic (exact) mass is 277 g/mol. The van der Waals surface area contributed by atoms with E-state index in [1.165, 1.54) is 12.1 Å². The summed E-state index contributed by atoms with van der Waals surface area (Å²) in [7, 11) is 0. The van der Waals surface area contributed by atoms with Gasteiger partial charge in [-0.1, -0.05) is 18.2 Å². The van der Waals surface area contributed by atoms with E-state index in [9.17, 15) is 14.3 Å². The third-order valence-corrected chi connectivity index (χ3v) is 3.01. The Labute approximate surface area is 116 Å². The summed E-state index contributed by atoms with van der Waals surface area (Å²) < 4.78 is 18.7. The third kappa shape index (κ3) is 3.05. The Morgan fingerprint density at radius 2 is 2.10 bits per heavy atom. The molecule has 0 aliphatic rings. The first-order chi connectivity index (χ1) is 9.49. The van der Waals surface area contributed by atoms with Gasteiger partial charge in [0.15, 0.2) is 0 Å². The summed E-state index contributed by atoms with van der Waals surface area (Å²) in [6.07, 6.45) is -1.09. The highest BCUT2D eigenvalue weighted by molar-refractivity contribution is 5.95. The van der Waals surface area contributed by atoms with Crippen LogP contribution in [0.25, 0.3) is 0 Å². The smallest absolute Gasteiger partial charge is 0.254 e. The molecule has 0 radical (unpaired) electrons. The number of benzene rings is 1. The van der Waals surface area contributed by atoms with Crippen LogP contribution < -0.4 is 5.32 Å². The Morgan fingerprint density at radius 1 is 1.40 bits per heavy atom. The Kier molecular flexibility index (Phi) is 4.20. The van der Waals surface area contributed by atoms with Gasteiger partial charge in [0.05, 0.1) is 11.7 Å². The zero-order valence-electron chi connectivity index (χ0n) is 11.3. The minimum Gasteiger partial charge on any atom is -0.466 e. The highest BCUT2D eigenvalue weighted by atomic mass is 19.1. The Bertz CT molecular complexity index is 621. The maximum absolute atomic E-state index is 13.5. The molecule has 2 rings (SSSR count). The minimum atomic E-state index is -1.09.